The fraction of sp³-hybridized carbons (Fsp3) is 0.231. The van der Waals surface area contributed by atoms with Crippen LogP contribution < -0.4 is 10.2 Å². The van der Waals surface area contributed by atoms with Crippen LogP contribution in [0.15, 0.2) is 84.9 Å². The van der Waals surface area contributed by atoms with Gasteiger partial charge in [-0.15, -0.1) is 0 Å². The van der Waals surface area contributed by atoms with Crippen molar-refractivity contribution in [2.45, 2.75) is 31.8 Å². The Morgan fingerprint density at radius 2 is 1.58 bits per heavy atom. The third-order valence-electron chi connectivity index (χ3n) is 5.64. The number of esters is 1. The van der Waals surface area contributed by atoms with Gasteiger partial charge in [0.2, 0.25) is 0 Å². The Kier molecular flexibility index (Phi) is 5.76. The van der Waals surface area contributed by atoms with Crippen LogP contribution in [0, 0.1) is 0 Å². The lowest BCUT2D eigenvalue weighted by molar-refractivity contribution is -0.148. The molecule has 0 saturated heterocycles. The van der Waals surface area contributed by atoms with Crippen LogP contribution in [-0.2, 0) is 9.53 Å². The molecular formula is C26H26N2O3. The predicted octanol–water partition coefficient (Wildman–Crippen LogP) is 5.21. The lowest BCUT2D eigenvalue weighted by Gasteiger charge is -2.34. The first kappa shape index (κ1) is 20.7. The van der Waals surface area contributed by atoms with E-state index in [2.05, 4.69) is 5.32 Å². The summed E-state index contributed by atoms with van der Waals surface area (Å²) in [6.07, 6.45) is 0.364. The van der Waals surface area contributed by atoms with Crippen molar-refractivity contribution in [1.82, 2.24) is 0 Å². The van der Waals surface area contributed by atoms with E-state index < -0.39 is 5.54 Å². The summed E-state index contributed by atoms with van der Waals surface area (Å²) in [7, 11) is 0. The number of hydrogen-bond acceptors (Lipinski definition) is 4. The molecule has 0 fully saturated rings. The molecule has 31 heavy (non-hydrogen) atoms. The smallest absolute Gasteiger partial charge is 0.331 e. The highest BCUT2D eigenvalue weighted by molar-refractivity contribution is 6.09. The molecular weight excluding hydrogens is 388 g/mol. The maximum atomic E-state index is 13.8. The minimum absolute atomic E-state index is 0.114. The summed E-state index contributed by atoms with van der Waals surface area (Å²) in [5.74, 6) is -0.448. The fourth-order valence-electron chi connectivity index (χ4n) is 4.12. The van der Waals surface area contributed by atoms with E-state index in [0.717, 1.165) is 16.9 Å². The molecule has 1 aliphatic rings. The Morgan fingerprint density at radius 3 is 2.26 bits per heavy atom. The molecule has 0 bridgehead atoms. The van der Waals surface area contributed by atoms with Crippen molar-refractivity contribution in [3.63, 3.8) is 0 Å². The molecule has 0 aliphatic carbocycles. The van der Waals surface area contributed by atoms with Gasteiger partial charge in [-0.05, 0) is 43.7 Å². The van der Waals surface area contributed by atoms with Crippen molar-refractivity contribution < 1.29 is 14.3 Å². The number of ether oxygens (including phenoxy) is 1. The second-order valence-corrected chi connectivity index (χ2v) is 7.87. The Bertz CT molecular complexity index is 1070. The van der Waals surface area contributed by atoms with Crippen molar-refractivity contribution >= 4 is 23.3 Å². The molecule has 1 heterocycles. The highest BCUT2D eigenvalue weighted by atomic mass is 16.5. The first-order valence-corrected chi connectivity index (χ1v) is 10.5. The van der Waals surface area contributed by atoms with E-state index in [-0.39, 0.29) is 17.9 Å². The van der Waals surface area contributed by atoms with Gasteiger partial charge in [0.15, 0.2) is 0 Å². The minimum Gasteiger partial charge on any atom is -0.464 e. The lowest BCUT2D eigenvalue weighted by atomic mass is 9.88. The number of benzene rings is 3. The van der Waals surface area contributed by atoms with Gasteiger partial charge in [-0.25, -0.2) is 4.79 Å². The van der Waals surface area contributed by atoms with Crippen molar-refractivity contribution in [2.75, 3.05) is 16.8 Å². The Morgan fingerprint density at radius 1 is 0.968 bits per heavy atom. The molecule has 4 rings (SSSR count). The summed E-state index contributed by atoms with van der Waals surface area (Å²) in [5, 5.41) is 3.39. The molecule has 0 saturated carbocycles. The molecule has 0 aromatic heterocycles. The van der Waals surface area contributed by atoms with Crippen molar-refractivity contribution in [3.8, 4) is 0 Å². The summed E-state index contributed by atoms with van der Waals surface area (Å²) >= 11 is 0. The molecule has 2 atom stereocenters. The molecule has 158 valence electrons. The average molecular weight is 415 g/mol. The quantitative estimate of drug-likeness (QED) is 0.595. The summed E-state index contributed by atoms with van der Waals surface area (Å²) in [6, 6.07) is 26.3. The van der Waals surface area contributed by atoms with Crippen LogP contribution in [0.5, 0.6) is 0 Å². The molecule has 1 amide bonds. The van der Waals surface area contributed by atoms with Crippen LogP contribution in [0.3, 0.4) is 0 Å². The van der Waals surface area contributed by atoms with Gasteiger partial charge in [0.1, 0.15) is 5.54 Å². The van der Waals surface area contributed by atoms with Crippen LogP contribution in [0.25, 0.3) is 0 Å². The Balaban J connectivity index is 1.90. The van der Waals surface area contributed by atoms with Gasteiger partial charge in [-0.2, -0.15) is 0 Å². The van der Waals surface area contributed by atoms with E-state index in [1.807, 2.05) is 91.9 Å². The van der Waals surface area contributed by atoms with Gasteiger partial charge in [-0.1, -0.05) is 60.7 Å². The first-order valence-electron chi connectivity index (χ1n) is 10.5. The van der Waals surface area contributed by atoms with Crippen LogP contribution in [-0.4, -0.2) is 24.0 Å². The fourth-order valence-corrected chi connectivity index (χ4v) is 4.12. The maximum absolute atomic E-state index is 13.8. The zero-order valence-corrected chi connectivity index (χ0v) is 17.7. The zero-order chi connectivity index (χ0) is 21.8. The number of fused-ring (bicyclic) bond motifs is 1. The van der Waals surface area contributed by atoms with Gasteiger partial charge >= 0.3 is 5.97 Å². The van der Waals surface area contributed by atoms with Crippen LogP contribution in [0.1, 0.15) is 42.2 Å². The lowest BCUT2D eigenvalue weighted by Crippen LogP contribution is -2.46. The standard InChI is InChI=1S/C26H26N2O3/c1-3-31-25(30)26(2)18-23(19-12-6-4-7-13-19)28(22-17-11-10-16-21(22)27-26)24(29)20-14-8-5-9-15-20/h4-17,23,27H,3,18H2,1-2H3. The van der Waals surface area contributed by atoms with Crippen LogP contribution in [0.2, 0.25) is 0 Å². The van der Waals surface area contributed by atoms with Gasteiger partial charge in [0.05, 0.1) is 24.0 Å². The molecule has 1 N–H and O–H groups in total. The van der Waals surface area contributed by atoms with Crippen LogP contribution >= 0.6 is 0 Å². The van der Waals surface area contributed by atoms with Crippen molar-refractivity contribution in [2.24, 2.45) is 0 Å². The minimum atomic E-state index is -1.00. The van der Waals surface area contributed by atoms with E-state index in [1.54, 1.807) is 11.8 Å². The molecule has 5 heteroatoms. The number of nitrogens with one attached hydrogen (secondary N) is 1. The molecule has 2 unspecified atom stereocenters. The van der Waals surface area contributed by atoms with Crippen molar-refractivity contribution in [3.05, 3.63) is 96.1 Å². The van der Waals surface area contributed by atoms with E-state index in [0.29, 0.717) is 18.6 Å². The SMILES string of the molecule is CCOC(=O)C1(C)CC(c2ccccc2)N(C(=O)c2ccccc2)c2ccccc2N1. The third kappa shape index (κ3) is 4.04. The van der Waals surface area contributed by atoms with Gasteiger partial charge < -0.3 is 10.1 Å². The second kappa shape index (κ2) is 8.64. The molecule has 5 nitrogen and oxygen atoms in total. The summed E-state index contributed by atoms with van der Waals surface area (Å²) < 4.78 is 5.41. The monoisotopic (exact) mass is 414 g/mol. The highest BCUT2D eigenvalue weighted by Crippen LogP contribution is 2.43. The number of nitrogens with zero attached hydrogens (tertiary/aromatic N) is 1. The number of rotatable bonds is 4. The average Bonchev–Trinajstić information content (AvgIpc) is 2.94. The van der Waals surface area contributed by atoms with Gasteiger partial charge in [-0.3, -0.25) is 9.69 Å². The summed E-state index contributed by atoms with van der Waals surface area (Å²) in [6.45, 7) is 3.93. The van der Waals surface area contributed by atoms with Gasteiger partial charge in [0, 0.05) is 12.0 Å². The zero-order valence-electron chi connectivity index (χ0n) is 17.7. The summed E-state index contributed by atoms with van der Waals surface area (Å²) in [4.78, 5) is 28.6. The number of anilines is 2. The third-order valence-corrected chi connectivity index (χ3v) is 5.64. The van der Waals surface area contributed by atoms with Gasteiger partial charge in [0.25, 0.3) is 5.91 Å². The number of hydrogen-bond donors (Lipinski definition) is 1. The first-order chi connectivity index (χ1) is 15.0. The summed E-state index contributed by atoms with van der Waals surface area (Å²) in [5.41, 5.74) is 2.01. The van der Waals surface area contributed by atoms with E-state index in [4.69, 9.17) is 4.74 Å². The topological polar surface area (TPSA) is 58.6 Å². The molecule has 0 spiro atoms. The number of para-hydroxylation sites is 2. The van der Waals surface area contributed by atoms with Crippen LogP contribution in [0.4, 0.5) is 11.4 Å². The molecule has 0 radical (unpaired) electrons. The molecule has 3 aromatic rings. The number of carbonyl (C=O) groups is 2. The highest BCUT2D eigenvalue weighted by Gasteiger charge is 2.44. The number of amides is 1. The number of carbonyl (C=O) groups excluding carboxylic acids is 2. The Hall–Kier alpha value is -3.60. The predicted molar refractivity (Wildman–Crippen MR) is 122 cm³/mol. The largest absolute Gasteiger partial charge is 0.464 e. The molecule has 3 aromatic carbocycles. The molecule has 1 aliphatic heterocycles. The van der Waals surface area contributed by atoms with E-state index in [1.165, 1.54) is 0 Å². The second-order valence-electron chi connectivity index (χ2n) is 7.87. The van der Waals surface area contributed by atoms with E-state index >= 15 is 0 Å². The van der Waals surface area contributed by atoms with E-state index in [9.17, 15) is 9.59 Å². The Labute approximate surface area is 182 Å². The normalized spacial score (nSPS) is 20.2. The maximum Gasteiger partial charge on any atom is 0.331 e. The van der Waals surface area contributed by atoms with Crippen molar-refractivity contribution in [1.29, 1.82) is 0 Å².